The fraction of sp³-hybridized carbons (Fsp3) is 0.500. The Balaban J connectivity index is 1.86. The van der Waals surface area contributed by atoms with Crippen LogP contribution in [0.2, 0.25) is 0 Å². The van der Waals surface area contributed by atoms with E-state index in [-0.39, 0.29) is 0 Å². The first-order valence-corrected chi connectivity index (χ1v) is 8.12. The minimum absolute atomic E-state index is 0.974. The Morgan fingerprint density at radius 1 is 1.10 bits per heavy atom. The van der Waals surface area contributed by atoms with E-state index >= 15 is 0 Å². The second-order valence-electron chi connectivity index (χ2n) is 5.64. The van der Waals surface area contributed by atoms with Gasteiger partial charge in [0, 0.05) is 18.0 Å². The molecule has 3 aromatic heterocycles. The molecule has 0 spiro atoms. The van der Waals surface area contributed by atoms with Gasteiger partial charge in [0.05, 0.1) is 5.39 Å². The number of aryl methyl sites for hydroxylation is 2. The molecule has 20 heavy (non-hydrogen) atoms. The molecule has 1 aliphatic heterocycles. The predicted molar refractivity (Wildman–Crippen MR) is 79.6 cm³/mol. The quantitative estimate of drug-likeness (QED) is 0.689. The molecule has 2 aliphatic rings. The number of anilines is 1. The zero-order chi connectivity index (χ0) is 13.1. The number of hydrogen-bond acceptors (Lipinski definition) is 5. The van der Waals surface area contributed by atoms with Gasteiger partial charge >= 0.3 is 0 Å². The second-order valence-corrected chi connectivity index (χ2v) is 6.72. The molecule has 0 unspecified atom stereocenters. The van der Waals surface area contributed by atoms with E-state index in [4.69, 9.17) is 4.98 Å². The maximum Gasteiger partial charge on any atom is 0.229 e. The van der Waals surface area contributed by atoms with E-state index in [0.717, 1.165) is 29.5 Å². The van der Waals surface area contributed by atoms with Crippen LogP contribution in [0.5, 0.6) is 0 Å². The summed E-state index contributed by atoms with van der Waals surface area (Å²) in [5, 5.41) is 5.68. The van der Waals surface area contributed by atoms with E-state index in [1.165, 1.54) is 47.9 Å². The second kappa shape index (κ2) is 3.91. The van der Waals surface area contributed by atoms with Crippen LogP contribution in [0.3, 0.4) is 0 Å². The van der Waals surface area contributed by atoms with Crippen molar-refractivity contribution in [3.63, 3.8) is 0 Å². The highest BCUT2D eigenvalue weighted by Crippen LogP contribution is 2.39. The maximum absolute atomic E-state index is 4.93. The molecule has 0 atom stereocenters. The third-order valence-corrected chi connectivity index (χ3v) is 5.64. The lowest BCUT2D eigenvalue weighted by molar-refractivity contribution is 0.834. The Kier molecular flexibility index (Phi) is 2.16. The Morgan fingerprint density at radius 3 is 2.90 bits per heavy atom. The first kappa shape index (κ1) is 11.0. The van der Waals surface area contributed by atoms with E-state index in [1.807, 2.05) is 15.9 Å². The summed E-state index contributed by atoms with van der Waals surface area (Å²) in [5.41, 5.74) is 2.47. The van der Waals surface area contributed by atoms with E-state index in [1.54, 1.807) is 6.33 Å². The molecule has 1 aliphatic carbocycles. The van der Waals surface area contributed by atoms with Crippen LogP contribution < -0.4 is 4.90 Å². The van der Waals surface area contributed by atoms with Gasteiger partial charge in [0.1, 0.15) is 11.2 Å². The summed E-state index contributed by atoms with van der Waals surface area (Å²) < 4.78 is 1.94. The molecule has 0 N–H and O–H groups in total. The number of fused-ring (bicyclic) bond motifs is 5. The summed E-state index contributed by atoms with van der Waals surface area (Å²) in [6.07, 6.45) is 7.80. The van der Waals surface area contributed by atoms with Crippen molar-refractivity contribution in [3.05, 3.63) is 16.8 Å². The highest BCUT2D eigenvalue weighted by Gasteiger charge is 2.25. The summed E-state index contributed by atoms with van der Waals surface area (Å²) >= 11 is 1.86. The van der Waals surface area contributed by atoms with Gasteiger partial charge in [-0.3, -0.25) is 0 Å². The Hall–Kier alpha value is -1.69. The standard InChI is InChI=1S/C14H15N5S/c1-2-7-18(6-1)14-17-13-11(12-15-8-16-19(12)14)9-4-3-5-10(9)20-13/h8H,1-7H2. The van der Waals surface area contributed by atoms with Crippen LogP contribution in [0.1, 0.15) is 29.7 Å². The molecule has 0 bridgehead atoms. The number of rotatable bonds is 1. The first-order valence-electron chi connectivity index (χ1n) is 7.31. The number of nitrogens with zero attached hydrogens (tertiary/aromatic N) is 5. The van der Waals surface area contributed by atoms with Crippen LogP contribution in [0, 0.1) is 0 Å². The zero-order valence-corrected chi connectivity index (χ0v) is 12.0. The van der Waals surface area contributed by atoms with Crippen molar-refractivity contribution >= 4 is 33.1 Å². The average molecular weight is 285 g/mol. The van der Waals surface area contributed by atoms with Gasteiger partial charge in [-0.25, -0.2) is 9.97 Å². The predicted octanol–water partition coefficient (Wildman–Crippen LogP) is 2.43. The molecular formula is C14H15N5S. The lowest BCUT2D eigenvalue weighted by Crippen LogP contribution is -2.22. The SMILES string of the molecule is c1nc2c3c4c(sc3nc(N3CCCC3)n2n1)CCC4. The summed E-state index contributed by atoms with van der Waals surface area (Å²) in [7, 11) is 0. The fourth-order valence-corrected chi connectivity index (χ4v) is 4.77. The lowest BCUT2D eigenvalue weighted by atomic mass is 10.2. The third kappa shape index (κ3) is 1.35. The van der Waals surface area contributed by atoms with Crippen molar-refractivity contribution < 1.29 is 0 Å². The Morgan fingerprint density at radius 2 is 2.00 bits per heavy atom. The van der Waals surface area contributed by atoms with Gasteiger partial charge < -0.3 is 4.90 Å². The summed E-state index contributed by atoms with van der Waals surface area (Å²) in [5.74, 6) is 0.974. The summed E-state index contributed by atoms with van der Waals surface area (Å²) in [6.45, 7) is 2.16. The molecule has 4 heterocycles. The molecule has 3 aromatic rings. The maximum atomic E-state index is 4.93. The molecule has 5 rings (SSSR count). The van der Waals surface area contributed by atoms with Crippen molar-refractivity contribution in [1.82, 2.24) is 19.6 Å². The van der Waals surface area contributed by atoms with Crippen molar-refractivity contribution in [2.45, 2.75) is 32.1 Å². The van der Waals surface area contributed by atoms with Gasteiger partial charge in [-0.15, -0.1) is 11.3 Å². The van der Waals surface area contributed by atoms with Crippen molar-refractivity contribution in [2.75, 3.05) is 18.0 Å². The van der Waals surface area contributed by atoms with E-state index in [2.05, 4.69) is 15.0 Å². The van der Waals surface area contributed by atoms with Crippen molar-refractivity contribution in [2.24, 2.45) is 0 Å². The van der Waals surface area contributed by atoms with E-state index < -0.39 is 0 Å². The largest absolute Gasteiger partial charge is 0.341 e. The van der Waals surface area contributed by atoms with Crippen LogP contribution >= 0.6 is 11.3 Å². The Bertz CT molecular complexity index is 812. The van der Waals surface area contributed by atoms with E-state index in [0.29, 0.717) is 0 Å². The minimum Gasteiger partial charge on any atom is -0.341 e. The van der Waals surface area contributed by atoms with Crippen LogP contribution in [-0.4, -0.2) is 32.7 Å². The molecular weight excluding hydrogens is 270 g/mol. The molecule has 0 saturated carbocycles. The molecule has 102 valence electrons. The molecule has 0 aromatic carbocycles. The first-order chi connectivity index (χ1) is 9.92. The lowest BCUT2D eigenvalue weighted by Gasteiger charge is -2.16. The average Bonchev–Trinajstić information content (AvgIpc) is 3.20. The van der Waals surface area contributed by atoms with Gasteiger partial charge in [0.15, 0.2) is 5.65 Å². The molecule has 0 amide bonds. The highest BCUT2D eigenvalue weighted by atomic mass is 32.1. The number of aromatic nitrogens is 4. The van der Waals surface area contributed by atoms with Gasteiger partial charge in [-0.1, -0.05) is 0 Å². The van der Waals surface area contributed by atoms with Crippen molar-refractivity contribution in [3.8, 4) is 0 Å². The minimum atomic E-state index is 0.974. The van der Waals surface area contributed by atoms with Crippen LogP contribution in [0.4, 0.5) is 5.95 Å². The molecule has 1 saturated heterocycles. The van der Waals surface area contributed by atoms with Crippen LogP contribution in [0.15, 0.2) is 6.33 Å². The number of hydrogen-bond donors (Lipinski definition) is 0. The summed E-state index contributed by atoms with van der Waals surface area (Å²) in [4.78, 5) is 14.4. The zero-order valence-electron chi connectivity index (χ0n) is 11.2. The molecule has 0 radical (unpaired) electrons. The topological polar surface area (TPSA) is 46.3 Å². The molecule has 6 heteroatoms. The van der Waals surface area contributed by atoms with Crippen LogP contribution in [-0.2, 0) is 12.8 Å². The highest BCUT2D eigenvalue weighted by molar-refractivity contribution is 7.19. The molecule has 5 nitrogen and oxygen atoms in total. The normalized spacial score (nSPS) is 18.5. The van der Waals surface area contributed by atoms with Crippen molar-refractivity contribution in [1.29, 1.82) is 0 Å². The van der Waals surface area contributed by atoms with Crippen LogP contribution in [0.25, 0.3) is 15.9 Å². The monoisotopic (exact) mass is 285 g/mol. The number of thiophene rings is 1. The van der Waals surface area contributed by atoms with Gasteiger partial charge in [0.2, 0.25) is 5.95 Å². The van der Waals surface area contributed by atoms with Gasteiger partial charge in [-0.2, -0.15) is 9.61 Å². The smallest absolute Gasteiger partial charge is 0.229 e. The van der Waals surface area contributed by atoms with Gasteiger partial charge in [0.25, 0.3) is 0 Å². The van der Waals surface area contributed by atoms with Gasteiger partial charge in [-0.05, 0) is 37.7 Å². The Labute approximate surface area is 120 Å². The summed E-state index contributed by atoms with van der Waals surface area (Å²) in [6, 6.07) is 0. The molecule has 1 fully saturated rings. The fourth-order valence-electron chi connectivity index (χ4n) is 3.52. The van der Waals surface area contributed by atoms with E-state index in [9.17, 15) is 0 Å². The third-order valence-electron chi connectivity index (χ3n) is 4.45.